The number of sulfonamides is 1. The Hall–Kier alpha value is -1.74. The van der Waals surface area contributed by atoms with Gasteiger partial charge in [0, 0.05) is 44.2 Å². The molecule has 1 aromatic carbocycles. The standard InChI is InChI=1S/C20H26N4O3S/c1-28(25,26)22-11-17-18-13-23(14-20(18)9-7-19(17)27-20)12-16-8-10-21-24(16)15-5-3-2-4-6-15/h2-6,8,10,17-19,22H,7,9,11-14H2,1H3/t17-,18+,19+,20+/m0/s1. The van der Waals surface area contributed by atoms with Crippen molar-refractivity contribution in [2.24, 2.45) is 11.8 Å². The van der Waals surface area contributed by atoms with Crippen molar-refractivity contribution >= 4 is 10.0 Å². The first-order valence-corrected chi connectivity index (χ1v) is 11.8. The molecule has 0 radical (unpaired) electrons. The van der Waals surface area contributed by atoms with Gasteiger partial charge in [-0.25, -0.2) is 17.8 Å². The van der Waals surface area contributed by atoms with Crippen LogP contribution in [0.5, 0.6) is 0 Å². The third kappa shape index (κ3) is 3.18. The summed E-state index contributed by atoms with van der Waals surface area (Å²) in [6.45, 7) is 3.13. The molecule has 3 fully saturated rings. The topological polar surface area (TPSA) is 76.5 Å². The van der Waals surface area contributed by atoms with Gasteiger partial charge < -0.3 is 4.74 Å². The van der Waals surface area contributed by atoms with Crippen LogP contribution in [-0.4, -0.2) is 60.7 Å². The molecule has 8 heteroatoms. The van der Waals surface area contributed by atoms with E-state index in [4.69, 9.17) is 4.74 Å². The van der Waals surface area contributed by atoms with Gasteiger partial charge in [-0.1, -0.05) is 18.2 Å². The maximum absolute atomic E-state index is 11.6. The summed E-state index contributed by atoms with van der Waals surface area (Å²) < 4.78 is 34.2. The number of aromatic nitrogens is 2. The number of ether oxygens (including phenoxy) is 1. The van der Waals surface area contributed by atoms with Gasteiger partial charge in [0.25, 0.3) is 0 Å². The summed E-state index contributed by atoms with van der Waals surface area (Å²) >= 11 is 0. The molecule has 0 unspecified atom stereocenters. The molecule has 7 nitrogen and oxygen atoms in total. The molecule has 0 amide bonds. The first-order valence-electron chi connectivity index (χ1n) is 9.87. The molecule has 2 aromatic rings. The van der Waals surface area contributed by atoms with Gasteiger partial charge in [-0.3, -0.25) is 4.90 Å². The predicted octanol–water partition coefficient (Wildman–Crippen LogP) is 1.40. The predicted molar refractivity (Wildman–Crippen MR) is 106 cm³/mol. The van der Waals surface area contributed by atoms with Crippen LogP contribution >= 0.6 is 0 Å². The molecule has 5 rings (SSSR count). The maximum atomic E-state index is 11.6. The second kappa shape index (κ2) is 6.66. The van der Waals surface area contributed by atoms with Gasteiger partial charge in [-0.05, 0) is 31.0 Å². The Morgan fingerprint density at radius 3 is 2.89 bits per heavy atom. The molecule has 3 saturated heterocycles. The second-order valence-corrected chi connectivity index (χ2v) is 10.2. The maximum Gasteiger partial charge on any atom is 0.208 e. The quantitative estimate of drug-likeness (QED) is 0.791. The van der Waals surface area contributed by atoms with Crippen molar-refractivity contribution < 1.29 is 13.2 Å². The summed E-state index contributed by atoms with van der Waals surface area (Å²) in [6.07, 6.45) is 5.37. The summed E-state index contributed by atoms with van der Waals surface area (Å²) in [5.74, 6) is 0.640. The highest BCUT2D eigenvalue weighted by atomic mass is 32.2. The largest absolute Gasteiger partial charge is 0.370 e. The summed E-state index contributed by atoms with van der Waals surface area (Å²) in [5.41, 5.74) is 2.11. The minimum atomic E-state index is -3.18. The third-order valence-electron chi connectivity index (χ3n) is 6.54. The summed E-state index contributed by atoms with van der Waals surface area (Å²) in [5, 5.41) is 4.50. The first kappa shape index (κ1) is 18.3. The molecule has 2 bridgehead atoms. The van der Waals surface area contributed by atoms with Crippen molar-refractivity contribution in [3.63, 3.8) is 0 Å². The van der Waals surface area contributed by atoms with E-state index in [0.717, 1.165) is 43.9 Å². The van der Waals surface area contributed by atoms with E-state index < -0.39 is 10.0 Å². The van der Waals surface area contributed by atoms with Gasteiger partial charge in [0.1, 0.15) is 0 Å². The molecule has 0 saturated carbocycles. The summed E-state index contributed by atoms with van der Waals surface area (Å²) in [4.78, 5) is 2.44. The Morgan fingerprint density at radius 1 is 1.29 bits per heavy atom. The van der Waals surface area contributed by atoms with Crippen LogP contribution in [0.25, 0.3) is 5.69 Å². The SMILES string of the molecule is CS(=O)(=O)NC[C@H]1[C@H]2CN(Cc3ccnn3-c3ccccc3)C[C@]23CC[C@H]1O3. The van der Waals surface area contributed by atoms with Crippen molar-refractivity contribution in [3.8, 4) is 5.69 Å². The second-order valence-electron chi connectivity index (χ2n) is 8.39. The zero-order valence-corrected chi connectivity index (χ0v) is 16.8. The fourth-order valence-electron chi connectivity index (χ4n) is 5.41. The smallest absolute Gasteiger partial charge is 0.208 e. The molecule has 3 aliphatic rings. The number of hydrogen-bond acceptors (Lipinski definition) is 5. The van der Waals surface area contributed by atoms with Gasteiger partial charge >= 0.3 is 0 Å². The Bertz CT molecular complexity index is 961. The van der Waals surface area contributed by atoms with Crippen LogP contribution < -0.4 is 4.72 Å². The molecule has 4 heterocycles. The van der Waals surface area contributed by atoms with Crippen LogP contribution in [0, 0.1) is 11.8 Å². The molecule has 150 valence electrons. The minimum Gasteiger partial charge on any atom is -0.370 e. The highest BCUT2D eigenvalue weighted by Gasteiger charge is 2.62. The highest BCUT2D eigenvalue weighted by molar-refractivity contribution is 7.88. The molecule has 1 aromatic heterocycles. The average molecular weight is 403 g/mol. The van der Waals surface area contributed by atoms with Crippen molar-refractivity contribution in [3.05, 3.63) is 48.3 Å². The van der Waals surface area contributed by atoms with Crippen LogP contribution in [0.15, 0.2) is 42.6 Å². The Morgan fingerprint density at radius 2 is 2.11 bits per heavy atom. The molecular weight excluding hydrogens is 376 g/mol. The van der Waals surface area contributed by atoms with Gasteiger partial charge in [0.05, 0.1) is 29.3 Å². The highest BCUT2D eigenvalue weighted by Crippen LogP contribution is 2.54. The van der Waals surface area contributed by atoms with Crippen LogP contribution in [-0.2, 0) is 21.3 Å². The van der Waals surface area contributed by atoms with Crippen LogP contribution in [0.4, 0.5) is 0 Å². The van der Waals surface area contributed by atoms with Crippen LogP contribution in [0.1, 0.15) is 18.5 Å². The molecular formula is C20H26N4O3S. The average Bonchev–Trinajstić information content (AvgIpc) is 3.40. The lowest BCUT2D eigenvalue weighted by molar-refractivity contribution is 0.00206. The molecule has 1 N–H and O–H groups in total. The fraction of sp³-hybridized carbons (Fsp3) is 0.550. The lowest BCUT2D eigenvalue weighted by atomic mass is 9.74. The first-order chi connectivity index (χ1) is 13.4. The minimum absolute atomic E-state index is 0.105. The van der Waals surface area contributed by atoms with Crippen molar-refractivity contribution in [1.29, 1.82) is 0 Å². The Labute approximate surface area is 165 Å². The van der Waals surface area contributed by atoms with E-state index >= 15 is 0 Å². The third-order valence-corrected chi connectivity index (χ3v) is 7.23. The molecule has 0 aliphatic carbocycles. The number of benzene rings is 1. The fourth-order valence-corrected chi connectivity index (χ4v) is 5.90. The van der Waals surface area contributed by atoms with Gasteiger partial charge in [-0.2, -0.15) is 5.10 Å². The molecule has 1 spiro atoms. The van der Waals surface area contributed by atoms with E-state index in [-0.39, 0.29) is 17.6 Å². The zero-order chi connectivity index (χ0) is 19.4. The summed E-state index contributed by atoms with van der Waals surface area (Å²) in [6, 6.07) is 12.2. The Kier molecular flexibility index (Phi) is 4.35. The van der Waals surface area contributed by atoms with Gasteiger partial charge in [0.2, 0.25) is 10.0 Å². The van der Waals surface area contributed by atoms with E-state index in [1.807, 2.05) is 29.1 Å². The summed E-state index contributed by atoms with van der Waals surface area (Å²) in [7, 11) is -3.18. The van der Waals surface area contributed by atoms with Gasteiger partial charge in [-0.15, -0.1) is 0 Å². The number of rotatable bonds is 6. The van der Waals surface area contributed by atoms with Gasteiger partial charge in [0.15, 0.2) is 0 Å². The van der Waals surface area contributed by atoms with Crippen LogP contribution in [0.2, 0.25) is 0 Å². The molecule has 3 aliphatic heterocycles. The number of nitrogens with zero attached hydrogens (tertiary/aromatic N) is 3. The van der Waals surface area contributed by atoms with E-state index in [1.54, 1.807) is 0 Å². The van der Waals surface area contributed by atoms with E-state index in [1.165, 1.54) is 6.26 Å². The number of fused-ring (bicyclic) bond motifs is 1. The number of hydrogen-bond donors (Lipinski definition) is 1. The number of nitrogens with one attached hydrogen (secondary N) is 1. The number of likely N-dealkylation sites (tertiary alicyclic amines) is 1. The van der Waals surface area contributed by atoms with E-state index in [0.29, 0.717) is 12.5 Å². The normalized spacial score (nSPS) is 32.1. The monoisotopic (exact) mass is 402 g/mol. The van der Waals surface area contributed by atoms with Crippen molar-refractivity contribution in [2.75, 3.05) is 25.9 Å². The van der Waals surface area contributed by atoms with Crippen molar-refractivity contribution in [2.45, 2.75) is 31.1 Å². The number of para-hydroxylation sites is 1. The molecule has 4 atom stereocenters. The van der Waals surface area contributed by atoms with E-state index in [9.17, 15) is 8.42 Å². The lowest BCUT2D eigenvalue weighted by Gasteiger charge is -2.29. The zero-order valence-electron chi connectivity index (χ0n) is 16.0. The molecule has 28 heavy (non-hydrogen) atoms. The van der Waals surface area contributed by atoms with E-state index in [2.05, 4.69) is 32.9 Å². The Balaban J connectivity index is 1.32. The van der Waals surface area contributed by atoms with Crippen molar-refractivity contribution in [1.82, 2.24) is 19.4 Å². The lowest BCUT2D eigenvalue weighted by Crippen LogP contribution is -2.41. The van der Waals surface area contributed by atoms with Crippen LogP contribution in [0.3, 0.4) is 0 Å².